The number of furan rings is 1. The fraction of sp³-hybridized carbons (Fsp3) is 0.105. The van der Waals surface area contributed by atoms with Crippen molar-refractivity contribution in [1.29, 1.82) is 0 Å². The number of hydrogen-bond donors (Lipinski definition) is 2. The Balaban J connectivity index is 1.75. The molecule has 2 aromatic carbocycles. The van der Waals surface area contributed by atoms with Crippen LogP contribution in [0.1, 0.15) is 18.1 Å². The molecule has 0 spiro atoms. The molecular weight excluding hydrogens is 286 g/mol. The molecule has 3 aromatic rings. The Morgan fingerprint density at radius 1 is 1.09 bits per heavy atom. The van der Waals surface area contributed by atoms with Crippen molar-refractivity contribution in [1.82, 2.24) is 0 Å². The van der Waals surface area contributed by atoms with Crippen molar-refractivity contribution < 1.29 is 4.42 Å². The number of aryl methyl sites for hydroxylation is 1. The number of benzene rings is 2. The molecule has 0 aliphatic carbocycles. The van der Waals surface area contributed by atoms with Gasteiger partial charge in [0.15, 0.2) is 5.88 Å². The van der Waals surface area contributed by atoms with Crippen molar-refractivity contribution in [2.24, 2.45) is 5.10 Å². The lowest BCUT2D eigenvalue weighted by Crippen LogP contribution is -1.92. The smallest absolute Gasteiger partial charge is 0.199 e. The van der Waals surface area contributed by atoms with E-state index in [1.165, 1.54) is 5.56 Å². The van der Waals surface area contributed by atoms with Gasteiger partial charge in [0.05, 0.1) is 17.5 Å². The van der Waals surface area contributed by atoms with E-state index in [1.54, 1.807) is 6.21 Å². The van der Waals surface area contributed by atoms with Crippen molar-refractivity contribution in [2.75, 3.05) is 11.2 Å². The lowest BCUT2D eigenvalue weighted by atomic mass is 10.1. The van der Waals surface area contributed by atoms with Gasteiger partial charge in [0.2, 0.25) is 0 Å². The van der Waals surface area contributed by atoms with Gasteiger partial charge in [-0.3, -0.25) is 5.43 Å². The highest BCUT2D eigenvalue weighted by atomic mass is 16.4. The number of hydrogen-bond acceptors (Lipinski definition) is 4. The molecule has 0 atom stereocenters. The van der Waals surface area contributed by atoms with Crippen LogP contribution in [0.15, 0.2) is 70.2 Å². The minimum atomic E-state index is 0.359. The summed E-state index contributed by atoms with van der Waals surface area (Å²) in [5.74, 6) is 1.10. The van der Waals surface area contributed by atoms with Crippen LogP contribution < -0.4 is 11.2 Å². The Bertz CT molecular complexity index is 789. The zero-order valence-electron chi connectivity index (χ0n) is 13.0. The predicted molar refractivity (Wildman–Crippen MR) is 95.6 cm³/mol. The lowest BCUT2D eigenvalue weighted by molar-refractivity contribution is 0.602. The average molecular weight is 305 g/mol. The molecule has 0 aliphatic rings. The molecule has 1 aromatic heterocycles. The second kappa shape index (κ2) is 6.83. The Hall–Kier alpha value is -3.01. The van der Waals surface area contributed by atoms with Crippen LogP contribution in [0.25, 0.3) is 11.3 Å². The van der Waals surface area contributed by atoms with Crippen molar-refractivity contribution >= 4 is 17.8 Å². The van der Waals surface area contributed by atoms with Crippen LogP contribution in [-0.2, 0) is 6.42 Å². The zero-order chi connectivity index (χ0) is 16.1. The van der Waals surface area contributed by atoms with Crippen LogP contribution in [-0.4, -0.2) is 6.21 Å². The van der Waals surface area contributed by atoms with Crippen LogP contribution in [0, 0.1) is 0 Å². The number of rotatable bonds is 5. The Morgan fingerprint density at radius 2 is 1.83 bits per heavy atom. The van der Waals surface area contributed by atoms with E-state index in [1.807, 2.05) is 48.5 Å². The Labute approximate surface area is 135 Å². The first-order chi connectivity index (χ1) is 11.3. The summed E-state index contributed by atoms with van der Waals surface area (Å²) >= 11 is 0. The summed E-state index contributed by atoms with van der Waals surface area (Å²) in [7, 11) is 0. The average Bonchev–Trinajstić information content (AvgIpc) is 2.97. The second-order valence-electron chi connectivity index (χ2n) is 5.22. The highest BCUT2D eigenvalue weighted by Crippen LogP contribution is 2.26. The third-order valence-electron chi connectivity index (χ3n) is 3.61. The quantitative estimate of drug-likeness (QED) is 0.537. The highest BCUT2D eigenvalue weighted by molar-refractivity contribution is 5.87. The Morgan fingerprint density at radius 3 is 2.52 bits per heavy atom. The van der Waals surface area contributed by atoms with Gasteiger partial charge in [-0.15, -0.1) is 0 Å². The SMILES string of the molecule is CCc1ccc(-c2cc(/C=N/Nc3ccccc3)c(N)o2)cc1. The molecule has 0 fully saturated rings. The predicted octanol–water partition coefficient (Wildman–Crippen LogP) is 4.54. The van der Waals surface area contributed by atoms with E-state index in [9.17, 15) is 0 Å². The van der Waals surface area contributed by atoms with Crippen LogP contribution in [0.3, 0.4) is 0 Å². The molecule has 0 aliphatic heterocycles. The molecule has 0 saturated heterocycles. The molecule has 1 heterocycles. The number of nitrogens with two attached hydrogens (primary N) is 1. The summed E-state index contributed by atoms with van der Waals surface area (Å²) in [4.78, 5) is 0. The largest absolute Gasteiger partial charge is 0.440 e. The molecule has 116 valence electrons. The van der Waals surface area contributed by atoms with Crippen LogP contribution in [0.4, 0.5) is 11.6 Å². The molecule has 0 radical (unpaired) electrons. The number of nitrogen functional groups attached to an aromatic ring is 1. The summed E-state index contributed by atoms with van der Waals surface area (Å²) in [6, 6.07) is 19.9. The van der Waals surface area contributed by atoms with Gasteiger partial charge in [-0.2, -0.15) is 5.10 Å². The van der Waals surface area contributed by atoms with E-state index in [2.05, 4.69) is 29.6 Å². The summed E-state index contributed by atoms with van der Waals surface area (Å²) < 4.78 is 5.64. The molecular formula is C19H19N3O. The molecule has 3 N–H and O–H groups in total. The number of hydrazone groups is 1. The van der Waals surface area contributed by atoms with Crippen molar-refractivity contribution in [3.8, 4) is 11.3 Å². The van der Waals surface area contributed by atoms with Crippen molar-refractivity contribution in [3.63, 3.8) is 0 Å². The Kier molecular flexibility index (Phi) is 4.43. The zero-order valence-corrected chi connectivity index (χ0v) is 13.0. The molecule has 4 heteroatoms. The topological polar surface area (TPSA) is 63.5 Å². The normalized spacial score (nSPS) is 11.0. The number of nitrogens with zero attached hydrogens (tertiary/aromatic N) is 1. The minimum Gasteiger partial charge on any atom is -0.440 e. The lowest BCUT2D eigenvalue weighted by Gasteiger charge is -1.98. The van der Waals surface area contributed by atoms with Gasteiger partial charge >= 0.3 is 0 Å². The molecule has 0 amide bonds. The first-order valence-electron chi connectivity index (χ1n) is 7.59. The van der Waals surface area contributed by atoms with Gasteiger partial charge in [-0.05, 0) is 30.2 Å². The number of anilines is 2. The van der Waals surface area contributed by atoms with Crippen LogP contribution >= 0.6 is 0 Å². The monoisotopic (exact) mass is 305 g/mol. The number of para-hydroxylation sites is 1. The summed E-state index contributed by atoms with van der Waals surface area (Å²) in [6.45, 7) is 2.13. The molecule has 23 heavy (non-hydrogen) atoms. The first-order valence-corrected chi connectivity index (χ1v) is 7.59. The standard InChI is InChI=1S/C19H19N3O/c1-2-14-8-10-15(11-9-14)18-12-16(19(20)23-18)13-21-22-17-6-4-3-5-7-17/h3-13,22H,2,20H2,1H3/b21-13+. The summed E-state index contributed by atoms with van der Waals surface area (Å²) in [5.41, 5.74) is 12.9. The van der Waals surface area contributed by atoms with Gasteiger partial charge in [-0.1, -0.05) is 49.4 Å². The van der Waals surface area contributed by atoms with E-state index >= 15 is 0 Å². The fourth-order valence-electron chi connectivity index (χ4n) is 2.26. The second-order valence-corrected chi connectivity index (χ2v) is 5.22. The third-order valence-corrected chi connectivity index (χ3v) is 3.61. The van der Waals surface area contributed by atoms with E-state index in [0.29, 0.717) is 5.88 Å². The molecule has 0 unspecified atom stereocenters. The van der Waals surface area contributed by atoms with Crippen molar-refractivity contribution in [2.45, 2.75) is 13.3 Å². The minimum absolute atomic E-state index is 0.359. The molecule has 0 bridgehead atoms. The summed E-state index contributed by atoms with van der Waals surface area (Å²) in [6.07, 6.45) is 2.68. The van der Waals surface area contributed by atoms with E-state index in [0.717, 1.165) is 29.0 Å². The van der Waals surface area contributed by atoms with Crippen molar-refractivity contribution in [3.05, 3.63) is 71.8 Å². The van der Waals surface area contributed by atoms with Crippen LogP contribution in [0.5, 0.6) is 0 Å². The maximum absolute atomic E-state index is 5.93. The maximum Gasteiger partial charge on any atom is 0.199 e. The van der Waals surface area contributed by atoms with Crippen LogP contribution in [0.2, 0.25) is 0 Å². The molecule has 0 saturated carbocycles. The molecule has 4 nitrogen and oxygen atoms in total. The van der Waals surface area contributed by atoms with E-state index in [4.69, 9.17) is 10.2 Å². The maximum atomic E-state index is 5.93. The fourth-order valence-corrected chi connectivity index (χ4v) is 2.26. The third kappa shape index (κ3) is 3.61. The first kappa shape index (κ1) is 14.9. The number of nitrogens with one attached hydrogen (secondary N) is 1. The highest BCUT2D eigenvalue weighted by Gasteiger charge is 2.08. The van der Waals surface area contributed by atoms with E-state index < -0.39 is 0 Å². The van der Waals surface area contributed by atoms with E-state index in [-0.39, 0.29) is 0 Å². The van der Waals surface area contributed by atoms with Gasteiger partial charge in [0.25, 0.3) is 0 Å². The molecule has 3 rings (SSSR count). The van der Waals surface area contributed by atoms with Gasteiger partial charge < -0.3 is 10.2 Å². The van der Waals surface area contributed by atoms with Gasteiger partial charge in [-0.25, -0.2) is 0 Å². The van der Waals surface area contributed by atoms with Gasteiger partial charge in [0, 0.05) is 5.56 Å². The van der Waals surface area contributed by atoms with Gasteiger partial charge in [0.1, 0.15) is 5.76 Å². The summed E-state index contributed by atoms with van der Waals surface area (Å²) in [5, 5.41) is 4.19.